The van der Waals surface area contributed by atoms with E-state index < -0.39 is 5.97 Å². The molecule has 33 heavy (non-hydrogen) atoms. The van der Waals surface area contributed by atoms with Crippen LogP contribution < -0.4 is 0 Å². The number of phenolic OH excluding ortho intramolecular Hbond substituents is 1. The van der Waals surface area contributed by atoms with Gasteiger partial charge in [-0.2, -0.15) is 0 Å². The number of aryl methyl sites for hydroxylation is 1. The van der Waals surface area contributed by atoms with Gasteiger partial charge in [0.2, 0.25) is 0 Å². The number of hydrogen-bond donors (Lipinski definition) is 2. The minimum absolute atomic E-state index is 0.0918. The fraction of sp³-hybridized carbons (Fsp3) is 0.231. The molecular weight excluding hydrogens is 423 g/mol. The van der Waals surface area contributed by atoms with Gasteiger partial charge in [0.15, 0.2) is 0 Å². The number of phenols is 1. The smallest absolute Gasteiger partial charge is 0.337 e. The maximum Gasteiger partial charge on any atom is 0.337 e. The third-order valence-electron chi connectivity index (χ3n) is 6.31. The normalized spacial score (nSPS) is 14.6. The number of pyridine rings is 1. The molecule has 0 bridgehead atoms. The number of carbonyl (C=O) groups is 1. The number of nitrogens with zero attached hydrogens (tertiary/aromatic N) is 2. The van der Waals surface area contributed by atoms with Crippen molar-refractivity contribution in [3.63, 3.8) is 0 Å². The summed E-state index contributed by atoms with van der Waals surface area (Å²) in [6.07, 6.45) is 3.20. The fourth-order valence-corrected chi connectivity index (χ4v) is 4.75. The Labute approximate surface area is 189 Å². The third kappa shape index (κ3) is 3.64. The van der Waals surface area contributed by atoms with Crippen molar-refractivity contribution in [1.82, 2.24) is 9.55 Å². The molecular formula is C26H23FN2O4. The molecule has 0 saturated carbocycles. The van der Waals surface area contributed by atoms with Gasteiger partial charge in [0.25, 0.3) is 0 Å². The van der Waals surface area contributed by atoms with Gasteiger partial charge in [0.1, 0.15) is 11.6 Å². The summed E-state index contributed by atoms with van der Waals surface area (Å²) in [5.74, 6) is -1.20. The minimum atomic E-state index is -1.05. The van der Waals surface area contributed by atoms with E-state index in [-0.39, 0.29) is 23.0 Å². The first-order valence-electron chi connectivity index (χ1n) is 10.9. The number of carboxylic acid groups (broad SMARTS) is 1. The highest BCUT2D eigenvalue weighted by Crippen LogP contribution is 2.46. The second kappa shape index (κ2) is 8.33. The topological polar surface area (TPSA) is 84.6 Å². The summed E-state index contributed by atoms with van der Waals surface area (Å²) < 4.78 is 21.4. The van der Waals surface area contributed by atoms with Crippen LogP contribution in [0.15, 0.2) is 54.7 Å². The zero-order valence-electron chi connectivity index (χ0n) is 18.1. The van der Waals surface area contributed by atoms with Crippen LogP contribution in [0.2, 0.25) is 0 Å². The molecule has 2 aromatic heterocycles. The van der Waals surface area contributed by atoms with Crippen molar-refractivity contribution >= 4 is 16.9 Å². The summed E-state index contributed by atoms with van der Waals surface area (Å²) in [6, 6.07) is 13.2. The van der Waals surface area contributed by atoms with E-state index >= 15 is 0 Å². The number of aromatic hydroxyl groups is 1. The second-order valence-corrected chi connectivity index (χ2v) is 8.29. The van der Waals surface area contributed by atoms with Gasteiger partial charge in [-0.1, -0.05) is 6.07 Å². The lowest BCUT2D eigenvalue weighted by Gasteiger charge is -2.26. The summed E-state index contributed by atoms with van der Waals surface area (Å²) in [5, 5.41) is 21.2. The van der Waals surface area contributed by atoms with Gasteiger partial charge in [-0.25, -0.2) is 9.18 Å². The molecule has 3 heterocycles. The van der Waals surface area contributed by atoms with Crippen molar-refractivity contribution in [3.05, 3.63) is 77.5 Å². The number of fused-ring (bicyclic) bond motifs is 1. The molecule has 4 aromatic rings. The molecule has 7 heteroatoms. The average molecular weight is 446 g/mol. The van der Waals surface area contributed by atoms with Crippen LogP contribution >= 0.6 is 0 Å². The van der Waals surface area contributed by atoms with Gasteiger partial charge in [0.05, 0.1) is 22.2 Å². The highest BCUT2D eigenvalue weighted by atomic mass is 19.1. The number of ether oxygens (including phenoxy) is 1. The molecule has 2 N–H and O–H groups in total. The maximum atomic E-state index is 13.7. The molecule has 0 amide bonds. The first-order valence-corrected chi connectivity index (χ1v) is 10.9. The Bertz CT molecular complexity index is 1360. The SMILES string of the molecule is Cc1ncc(-c2c(C3CCOCC3)n(-c3ccc(F)cc3)c3cccc(O)c23)cc1C(=O)O. The van der Waals surface area contributed by atoms with Gasteiger partial charge in [-0.15, -0.1) is 0 Å². The molecule has 1 aliphatic rings. The molecule has 168 valence electrons. The molecule has 0 atom stereocenters. The molecule has 1 aliphatic heterocycles. The molecule has 0 radical (unpaired) electrons. The highest BCUT2D eigenvalue weighted by molar-refractivity contribution is 6.04. The van der Waals surface area contributed by atoms with Gasteiger partial charge < -0.3 is 19.5 Å². The molecule has 0 aliphatic carbocycles. The number of halogens is 1. The van der Waals surface area contributed by atoms with Crippen LogP contribution in [0.25, 0.3) is 27.7 Å². The Kier molecular flexibility index (Phi) is 5.34. The minimum Gasteiger partial charge on any atom is -0.507 e. The van der Waals surface area contributed by atoms with E-state index in [9.17, 15) is 19.4 Å². The van der Waals surface area contributed by atoms with Crippen molar-refractivity contribution < 1.29 is 24.1 Å². The zero-order chi connectivity index (χ0) is 23.1. The van der Waals surface area contributed by atoms with Crippen molar-refractivity contribution in [2.45, 2.75) is 25.7 Å². The number of aromatic carboxylic acids is 1. The van der Waals surface area contributed by atoms with Gasteiger partial charge in [-0.05, 0) is 62.2 Å². The number of benzene rings is 2. The average Bonchev–Trinajstić information content (AvgIpc) is 3.17. The molecule has 0 spiro atoms. The van der Waals surface area contributed by atoms with Crippen LogP contribution in [0, 0.1) is 12.7 Å². The highest BCUT2D eigenvalue weighted by Gasteiger charge is 2.29. The summed E-state index contributed by atoms with van der Waals surface area (Å²) in [6.45, 7) is 2.87. The van der Waals surface area contributed by atoms with Crippen LogP contribution in [-0.4, -0.2) is 38.9 Å². The van der Waals surface area contributed by atoms with Crippen LogP contribution in [-0.2, 0) is 4.74 Å². The number of hydrogen-bond acceptors (Lipinski definition) is 4. The third-order valence-corrected chi connectivity index (χ3v) is 6.31. The molecule has 1 saturated heterocycles. The van der Waals surface area contributed by atoms with Crippen molar-refractivity contribution in [3.8, 4) is 22.6 Å². The van der Waals surface area contributed by atoms with Crippen LogP contribution in [0.3, 0.4) is 0 Å². The van der Waals surface area contributed by atoms with Crippen LogP contribution in [0.5, 0.6) is 5.75 Å². The Morgan fingerprint density at radius 2 is 1.88 bits per heavy atom. The van der Waals surface area contributed by atoms with E-state index in [0.717, 1.165) is 35.3 Å². The molecule has 2 aromatic carbocycles. The van der Waals surface area contributed by atoms with Crippen LogP contribution in [0.1, 0.15) is 40.5 Å². The summed E-state index contributed by atoms with van der Waals surface area (Å²) in [7, 11) is 0. The standard InChI is InChI=1S/C26H23FN2O4/c1-15-20(26(31)32)13-17(14-28-15)23-24-21(3-2-4-22(24)30)29(19-7-5-18(27)6-8-19)25(23)16-9-11-33-12-10-16/h2-8,13-14,16,30H,9-12H2,1H3,(H,31,32). The zero-order valence-corrected chi connectivity index (χ0v) is 18.1. The Morgan fingerprint density at radius 1 is 1.15 bits per heavy atom. The van der Waals surface area contributed by atoms with Crippen molar-refractivity contribution in [2.75, 3.05) is 13.2 Å². The van der Waals surface area contributed by atoms with E-state index in [1.807, 2.05) is 10.6 Å². The van der Waals surface area contributed by atoms with E-state index in [0.29, 0.717) is 29.9 Å². The summed E-state index contributed by atoms with van der Waals surface area (Å²) in [4.78, 5) is 16.2. The van der Waals surface area contributed by atoms with Gasteiger partial charge in [-0.3, -0.25) is 4.98 Å². The van der Waals surface area contributed by atoms with Crippen LogP contribution in [0.4, 0.5) is 4.39 Å². The lowest BCUT2D eigenvalue weighted by atomic mass is 9.89. The predicted molar refractivity (Wildman–Crippen MR) is 123 cm³/mol. The second-order valence-electron chi connectivity index (χ2n) is 8.29. The van der Waals surface area contributed by atoms with Gasteiger partial charge >= 0.3 is 5.97 Å². The quantitative estimate of drug-likeness (QED) is 0.436. The van der Waals surface area contributed by atoms with E-state index in [1.165, 1.54) is 12.1 Å². The lowest BCUT2D eigenvalue weighted by Crippen LogP contribution is -2.17. The van der Waals surface area contributed by atoms with Gasteiger partial charge in [0, 0.05) is 47.8 Å². The van der Waals surface area contributed by atoms with Crippen molar-refractivity contribution in [1.29, 1.82) is 0 Å². The largest absolute Gasteiger partial charge is 0.507 e. The lowest BCUT2D eigenvalue weighted by molar-refractivity contribution is 0.0695. The molecule has 5 rings (SSSR count). The first-order chi connectivity index (χ1) is 16.0. The molecule has 0 unspecified atom stereocenters. The van der Waals surface area contributed by atoms with E-state index in [1.54, 1.807) is 43.5 Å². The fourth-order valence-electron chi connectivity index (χ4n) is 4.75. The summed E-state index contributed by atoms with van der Waals surface area (Å²) >= 11 is 0. The Morgan fingerprint density at radius 3 is 2.58 bits per heavy atom. The number of rotatable bonds is 4. The van der Waals surface area contributed by atoms with Crippen molar-refractivity contribution in [2.24, 2.45) is 0 Å². The Hall–Kier alpha value is -3.71. The number of aromatic nitrogens is 2. The Balaban J connectivity index is 1.89. The summed E-state index contributed by atoms with van der Waals surface area (Å²) in [5.41, 5.74) is 4.35. The predicted octanol–water partition coefficient (Wildman–Crippen LogP) is 5.44. The maximum absolute atomic E-state index is 13.7. The first kappa shape index (κ1) is 21.2. The van der Waals surface area contributed by atoms with E-state index in [4.69, 9.17) is 4.74 Å². The van der Waals surface area contributed by atoms with E-state index in [2.05, 4.69) is 4.98 Å². The molecule has 6 nitrogen and oxygen atoms in total. The number of carboxylic acids is 1. The monoisotopic (exact) mass is 446 g/mol. The molecule has 1 fully saturated rings.